The summed E-state index contributed by atoms with van der Waals surface area (Å²) in [6, 6.07) is 8.44. The van der Waals surface area contributed by atoms with Crippen molar-refractivity contribution in [2.24, 2.45) is 11.8 Å². The Balaban J connectivity index is 1.88. The maximum absolute atomic E-state index is 14.1. The number of carboxylic acid groups (broad SMARTS) is 1. The number of aliphatic carboxylic acids is 1. The molecule has 1 saturated carbocycles. The molecule has 10 heteroatoms. The van der Waals surface area contributed by atoms with E-state index in [1.807, 2.05) is 0 Å². The highest BCUT2D eigenvalue weighted by Gasteiger charge is 2.46. The summed E-state index contributed by atoms with van der Waals surface area (Å²) in [4.78, 5) is 24.8. The Labute approximate surface area is 183 Å². The van der Waals surface area contributed by atoms with Crippen LogP contribution in [0.5, 0.6) is 0 Å². The van der Waals surface area contributed by atoms with Gasteiger partial charge in [0.05, 0.1) is 29.2 Å². The molecular formula is C21H18BrF4NO4. The van der Waals surface area contributed by atoms with Gasteiger partial charge in [-0.25, -0.2) is 4.39 Å². The average molecular weight is 504 g/mol. The van der Waals surface area contributed by atoms with E-state index in [9.17, 15) is 37.4 Å². The number of hydrogen-bond acceptors (Lipinski definition) is 3. The zero-order chi connectivity index (χ0) is 22.9. The first-order chi connectivity index (χ1) is 14.5. The molecule has 4 atom stereocenters. The molecule has 1 aliphatic rings. The monoisotopic (exact) mass is 503 g/mol. The highest BCUT2D eigenvalue weighted by Crippen LogP contribution is 2.42. The van der Waals surface area contributed by atoms with Crippen LogP contribution in [-0.4, -0.2) is 28.2 Å². The molecule has 0 spiro atoms. The third kappa shape index (κ3) is 5.24. The van der Waals surface area contributed by atoms with Crippen LogP contribution in [0, 0.1) is 17.7 Å². The number of hydrogen-bond donors (Lipinski definition) is 3. The topological polar surface area (TPSA) is 86.6 Å². The molecule has 1 aliphatic carbocycles. The SMILES string of the molecule is O=C(Nc1ccc(C(F)(F)F)cc1F)C1CC(O)CC(c2ccc(Br)cc2)C1C(=O)O. The van der Waals surface area contributed by atoms with Gasteiger partial charge < -0.3 is 15.5 Å². The molecule has 5 nitrogen and oxygen atoms in total. The zero-order valence-corrected chi connectivity index (χ0v) is 17.5. The van der Waals surface area contributed by atoms with Crippen molar-refractivity contribution in [2.45, 2.75) is 31.0 Å². The molecule has 1 amide bonds. The summed E-state index contributed by atoms with van der Waals surface area (Å²) in [5.74, 6) is -6.53. The van der Waals surface area contributed by atoms with Gasteiger partial charge in [-0.1, -0.05) is 28.1 Å². The van der Waals surface area contributed by atoms with E-state index in [1.165, 1.54) is 0 Å². The van der Waals surface area contributed by atoms with Gasteiger partial charge in [-0.05, 0) is 48.7 Å². The molecule has 0 radical (unpaired) electrons. The second kappa shape index (κ2) is 8.96. The predicted molar refractivity (Wildman–Crippen MR) is 107 cm³/mol. The maximum Gasteiger partial charge on any atom is 0.416 e. The van der Waals surface area contributed by atoms with Crippen LogP contribution in [0.3, 0.4) is 0 Å². The number of anilines is 1. The Morgan fingerprint density at radius 3 is 2.26 bits per heavy atom. The smallest absolute Gasteiger partial charge is 0.416 e. The molecule has 0 saturated heterocycles. The Hall–Kier alpha value is -2.46. The van der Waals surface area contributed by atoms with Crippen LogP contribution < -0.4 is 5.32 Å². The number of benzene rings is 2. The Morgan fingerprint density at radius 2 is 1.71 bits per heavy atom. The van der Waals surface area contributed by atoms with Crippen molar-refractivity contribution in [2.75, 3.05) is 5.32 Å². The number of halogens is 5. The van der Waals surface area contributed by atoms with Crippen LogP contribution in [0.25, 0.3) is 0 Å². The summed E-state index contributed by atoms with van der Waals surface area (Å²) in [7, 11) is 0. The summed E-state index contributed by atoms with van der Waals surface area (Å²) in [6.07, 6.45) is -5.77. The molecule has 2 aromatic carbocycles. The van der Waals surface area contributed by atoms with Gasteiger partial charge in [-0.15, -0.1) is 0 Å². The van der Waals surface area contributed by atoms with Gasteiger partial charge in [0.25, 0.3) is 0 Å². The molecule has 166 valence electrons. The van der Waals surface area contributed by atoms with Crippen molar-refractivity contribution in [1.29, 1.82) is 0 Å². The molecule has 0 bridgehead atoms. The van der Waals surface area contributed by atoms with Crippen LogP contribution in [-0.2, 0) is 15.8 Å². The molecular weight excluding hydrogens is 486 g/mol. The second-order valence-corrected chi connectivity index (χ2v) is 8.35. The lowest BCUT2D eigenvalue weighted by Gasteiger charge is -2.37. The highest BCUT2D eigenvalue weighted by molar-refractivity contribution is 9.10. The molecule has 0 heterocycles. The van der Waals surface area contributed by atoms with Crippen LogP contribution in [0.1, 0.15) is 29.9 Å². The quantitative estimate of drug-likeness (QED) is 0.523. The summed E-state index contributed by atoms with van der Waals surface area (Å²) >= 11 is 3.29. The summed E-state index contributed by atoms with van der Waals surface area (Å²) in [5, 5.41) is 22.3. The number of rotatable bonds is 4. The second-order valence-electron chi connectivity index (χ2n) is 7.44. The maximum atomic E-state index is 14.1. The van der Waals surface area contributed by atoms with Crippen molar-refractivity contribution in [3.05, 3.63) is 63.9 Å². The number of carboxylic acids is 1. The zero-order valence-electron chi connectivity index (χ0n) is 15.9. The molecule has 2 aromatic rings. The molecule has 3 rings (SSSR count). The third-order valence-electron chi connectivity index (χ3n) is 5.39. The van der Waals surface area contributed by atoms with Crippen LogP contribution in [0.2, 0.25) is 0 Å². The fourth-order valence-electron chi connectivity index (χ4n) is 3.94. The lowest BCUT2D eigenvalue weighted by Crippen LogP contribution is -2.44. The molecule has 3 N–H and O–H groups in total. The third-order valence-corrected chi connectivity index (χ3v) is 5.92. The first-order valence-corrected chi connectivity index (χ1v) is 10.1. The summed E-state index contributed by atoms with van der Waals surface area (Å²) in [5.41, 5.74) is -1.09. The molecule has 0 aromatic heterocycles. The number of aliphatic hydroxyl groups excluding tert-OH is 1. The minimum absolute atomic E-state index is 0.122. The van der Waals surface area contributed by atoms with Gasteiger partial charge in [0, 0.05) is 10.4 Å². The highest BCUT2D eigenvalue weighted by atomic mass is 79.9. The normalized spacial score (nSPS) is 23.9. The van der Waals surface area contributed by atoms with Crippen LogP contribution >= 0.6 is 15.9 Å². The van der Waals surface area contributed by atoms with Crippen LogP contribution in [0.15, 0.2) is 46.9 Å². The number of carbonyl (C=O) groups excluding carboxylic acids is 1. The molecule has 0 aliphatic heterocycles. The lowest BCUT2D eigenvalue weighted by atomic mass is 9.68. The van der Waals surface area contributed by atoms with Gasteiger partial charge in [-0.3, -0.25) is 9.59 Å². The van der Waals surface area contributed by atoms with E-state index in [0.717, 1.165) is 10.5 Å². The number of aliphatic hydroxyl groups is 1. The molecule has 1 fully saturated rings. The van der Waals surface area contributed by atoms with Gasteiger partial charge in [-0.2, -0.15) is 13.2 Å². The molecule has 31 heavy (non-hydrogen) atoms. The van der Waals surface area contributed by atoms with E-state index in [4.69, 9.17) is 0 Å². The minimum atomic E-state index is -4.75. The number of carbonyl (C=O) groups is 2. The summed E-state index contributed by atoms with van der Waals surface area (Å²) < 4.78 is 53.1. The predicted octanol–water partition coefficient (Wildman–Crippen LogP) is 4.80. The fraction of sp³-hybridized carbons (Fsp3) is 0.333. The minimum Gasteiger partial charge on any atom is -0.481 e. The fourth-order valence-corrected chi connectivity index (χ4v) is 4.21. The van der Waals surface area contributed by atoms with Crippen molar-refractivity contribution >= 4 is 33.5 Å². The number of alkyl halides is 3. The summed E-state index contributed by atoms with van der Waals surface area (Å²) in [6.45, 7) is 0. The number of nitrogens with one attached hydrogen (secondary N) is 1. The first-order valence-electron chi connectivity index (χ1n) is 9.31. The van der Waals surface area contributed by atoms with Crippen molar-refractivity contribution in [3.63, 3.8) is 0 Å². The van der Waals surface area contributed by atoms with E-state index in [1.54, 1.807) is 24.3 Å². The van der Waals surface area contributed by atoms with Crippen molar-refractivity contribution in [3.8, 4) is 0 Å². The largest absolute Gasteiger partial charge is 0.481 e. The van der Waals surface area contributed by atoms with E-state index in [0.29, 0.717) is 11.6 Å². The standard InChI is InChI=1S/C21H18BrF4NO4/c22-12-4-1-10(2-5-12)14-8-13(28)9-15(18(14)20(30)31)19(29)27-17-6-3-11(7-16(17)23)21(24,25)26/h1-7,13-15,18,28H,8-9H2,(H,27,29)(H,30,31). The Bertz CT molecular complexity index is 980. The molecule has 4 unspecified atom stereocenters. The Kier molecular flexibility index (Phi) is 6.70. The lowest BCUT2D eigenvalue weighted by molar-refractivity contribution is -0.150. The first kappa shape index (κ1) is 23.2. The van der Waals surface area contributed by atoms with Gasteiger partial charge in [0.15, 0.2) is 0 Å². The van der Waals surface area contributed by atoms with E-state index >= 15 is 0 Å². The van der Waals surface area contributed by atoms with Crippen LogP contribution in [0.4, 0.5) is 23.2 Å². The van der Waals surface area contributed by atoms with Gasteiger partial charge in [0.2, 0.25) is 5.91 Å². The van der Waals surface area contributed by atoms with E-state index < -0.39 is 59.0 Å². The average Bonchev–Trinajstić information content (AvgIpc) is 2.68. The van der Waals surface area contributed by atoms with Crippen molar-refractivity contribution < 1.29 is 37.4 Å². The number of amides is 1. The van der Waals surface area contributed by atoms with E-state index in [2.05, 4.69) is 21.2 Å². The van der Waals surface area contributed by atoms with Crippen molar-refractivity contribution in [1.82, 2.24) is 0 Å². The van der Waals surface area contributed by atoms with Gasteiger partial charge in [0.1, 0.15) is 5.82 Å². The Morgan fingerprint density at radius 1 is 1.06 bits per heavy atom. The van der Waals surface area contributed by atoms with Gasteiger partial charge >= 0.3 is 12.1 Å². The van der Waals surface area contributed by atoms with E-state index in [-0.39, 0.29) is 18.9 Å².